The molecule has 1 aromatic heterocycles. The summed E-state index contributed by atoms with van der Waals surface area (Å²) >= 11 is 0. The zero-order valence-corrected chi connectivity index (χ0v) is 9.73. The third-order valence-electron chi connectivity index (χ3n) is 2.86. The van der Waals surface area contributed by atoms with Crippen LogP contribution in [0.25, 0.3) is 0 Å². The van der Waals surface area contributed by atoms with Gasteiger partial charge < -0.3 is 10.2 Å². The van der Waals surface area contributed by atoms with Gasteiger partial charge in [-0.3, -0.25) is 4.79 Å². The summed E-state index contributed by atoms with van der Waals surface area (Å²) in [5, 5.41) is 11.9. The number of aromatic nitrogens is 1. The highest BCUT2D eigenvalue weighted by atomic mass is 16.2. The average molecular weight is 230 g/mol. The van der Waals surface area contributed by atoms with Gasteiger partial charge in [0, 0.05) is 32.4 Å². The molecule has 0 aliphatic carbocycles. The van der Waals surface area contributed by atoms with Crippen molar-refractivity contribution in [1.29, 1.82) is 5.26 Å². The van der Waals surface area contributed by atoms with E-state index < -0.39 is 0 Å². The second-order valence-corrected chi connectivity index (χ2v) is 4.04. The van der Waals surface area contributed by atoms with E-state index in [1.807, 2.05) is 17.9 Å². The number of carbonyl (C=O) groups is 1. The summed E-state index contributed by atoms with van der Waals surface area (Å²) in [5.74, 6) is 0.000916. The summed E-state index contributed by atoms with van der Waals surface area (Å²) in [5.41, 5.74) is 1.74. The summed E-state index contributed by atoms with van der Waals surface area (Å²) in [4.78, 5) is 18.0. The molecule has 0 spiro atoms. The van der Waals surface area contributed by atoms with Crippen molar-refractivity contribution in [3.63, 3.8) is 0 Å². The molecule has 17 heavy (non-hydrogen) atoms. The van der Waals surface area contributed by atoms with Crippen LogP contribution in [-0.2, 0) is 0 Å². The van der Waals surface area contributed by atoms with Crippen LogP contribution < -0.4 is 5.32 Å². The van der Waals surface area contributed by atoms with Crippen molar-refractivity contribution in [1.82, 2.24) is 15.2 Å². The van der Waals surface area contributed by atoms with Crippen molar-refractivity contribution >= 4 is 5.91 Å². The lowest BCUT2D eigenvalue weighted by Crippen LogP contribution is -2.46. The van der Waals surface area contributed by atoms with Gasteiger partial charge in [-0.1, -0.05) is 0 Å². The topological polar surface area (TPSA) is 69.0 Å². The molecule has 1 aliphatic rings. The third-order valence-corrected chi connectivity index (χ3v) is 2.86. The van der Waals surface area contributed by atoms with Gasteiger partial charge >= 0.3 is 0 Å². The molecule has 1 aromatic rings. The maximum atomic E-state index is 12.2. The van der Waals surface area contributed by atoms with Gasteiger partial charge in [-0.05, 0) is 18.6 Å². The number of nitrogens with zero attached hydrogens (tertiary/aromatic N) is 3. The molecule has 0 unspecified atom stereocenters. The first-order chi connectivity index (χ1) is 8.22. The minimum atomic E-state index is 0.000916. The molecule has 5 heteroatoms. The fraction of sp³-hybridized carbons (Fsp3) is 0.417. The van der Waals surface area contributed by atoms with Gasteiger partial charge in [0.05, 0.1) is 5.56 Å². The van der Waals surface area contributed by atoms with E-state index in [2.05, 4.69) is 10.3 Å². The summed E-state index contributed by atoms with van der Waals surface area (Å²) < 4.78 is 0. The SMILES string of the molecule is Cc1cc(C#N)ncc1C(=O)N1CCNCC1. The number of hydrogen-bond donors (Lipinski definition) is 1. The van der Waals surface area contributed by atoms with Crippen LogP contribution in [0.15, 0.2) is 12.3 Å². The smallest absolute Gasteiger partial charge is 0.255 e. The Morgan fingerprint density at radius 2 is 2.24 bits per heavy atom. The Labute approximate surface area is 100 Å². The second kappa shape index (κ2) is 4.93. The second-order valence-electron chi connectivity index (χ2n) is 4.04. The molecule has 0 aromatic carbocycles. The maximum absolute atomic E-state index is 12.2. The Kier molecular flexibility index (Phi) is 3.35. The van der Waals surface area contributed by atoms with Crippen LogP contribution in [0, 0.1) is 18.3 Å². The van der Waals surface area contributed by atoms with Gasteiger partial charge in [-0.15, -0.1) is 0 Å². The molecule has 0 saturated carbocycles. The lowest BCUT2D eigenvalue weighted by molar-refractivity contribution is 0.0734. The maximum Gasteiger partial charge on any atom is 0.255 e. The molecule has 1 saturated heterocycles. The first kappa shape index (κ1) is 11.6. The highest BCUT2D eigenvalue weighted by molar-refractivity contribution is 5.95. The Morgan fingerprint density at radius 3 is 2.82 bits per heavy atom. The Hall–Kier alpha value is -1.93. The molecule has 1 amide bonds. The van der Waals surface area contributed by atoms with Crippen LogP contribution in [-0.4, -0.2) is 42.0 Å². The predicted molar refractivity (Wildman–Crippen MR) is 62.5 cm³/mol. The lowest BCUT2D eigenvalue weighted by atomic mass is 10.1. The minimum absolute atomic E-state index is 0.000916. The molecular weight excluding hydrogens is 216 g/mol. The van der Waals surface area contributed by atoms with Crippen molar-refractivity contribution in [2.45, 2.75) is 6.92 Å². The summed E-state index contributed by atoms with van der Waals surface area (Å²) in [6.45, 7) is 4.93. The van der Waals surface area contributed by atoms with Crippen LogP contribution >= 0.6 is 0 Å². The molecule has 2 rings (SSSR count). The quantitative estimate of drug-likeness (QED) is 0.753. The van der Waals surface area contributed by atoms with Gasteiger partial charge in [-0.25, -0.2) is 4.98 Å². The number of aryl methyl sites for hydroxylation is 1. The zero-order chi connectivity index (χ0) is 12.3. The molecule has 1 N–H and O–H groups in total. The predicted octanol–water partition coefficient (Wildman–Crippen LogP) is 0.307. The number of nitriles is 1. The third kappa shape index (κ3) is 2.43. The number of pyridine rings is 1. The molecule has 88 valence electrons. The van der Waals surface area contributed by atoms with Crippen molar-refractivity contribution in [3.8, 4) is 6.07 Å². The van der Waals surface area contributed by atoms with E-state index in [0.717, 1.165) is 31.7 Å². The molecule has 0 atom stereocenters. The summed E-state index contributed by atoms with van der Waals surface area (Å²) in [7, 11) is 0. The monoisotopic (exact) mass is 230 g/mol. The number of piperazine rings is 1. The number of nitrogens with one attached hydrogen (secondary N) is 1. The van der Waals surface area contributed by atoms with Gasteiger partial charge in [0.2, 0.25) is 0 Å². The van der Waals surface area contributed by atoms with Crippen LogP contribution in [0.1, 0.15) is 21.6 Å². The van der Waals surface area contributed by atoms with Crippen LogP contribution in [0.4, 0.5) is 0 Å². The van der Waals surface area contributed by atoms with Gasteiger partial charge in [0.1, 0.15) is 11.8 Å². The van der Waals surface area contributed by atoms with Gasteiger partial charge in [0.15, 0.2) is 0 Å². The molecular formula is C12H14N4O. The summed E-state index contributed by atoms with van der Waals surface area (Å²) in [6.07, 6.45) is 1.50. The average Bonchev–Trinajstić information content (AvgIpc) is 2.39. The Bertz CT molecular complexity index is 472. The fourth-order valence-corrected chi connectivity index (χ4v) is 1.88. The van der Waals surface area contributed by atoms with Crippen molar-refractivity contribution in [3.05, 3.63) is 29.1 Å². The van der Waals surface area contributed by atoms with E-state index in [0.29, 0.717) is 11.3 Å². The number of rotatable bonds is 1. The Balaban J connectivity index is 2.22. The van der Waals surface area contributed by atoms with Crippen molar-refractivity contribution < 1.29 is 4.79 Å². The Morgan fingerprint density at radius 1 is 1.53 bits per heavy atom. The molecule has 0 radical (unpaired) electrons. The number of hydrogen-bond acceptors (Lipinski definition) is 4. The highest BCUT2D eigenvalue weighted by Gasteiger charge is 2.19. The van der Waals surface area contributed by atoms with Crippen LogP contribution in [0.5, 0.6) is 0 Å². The van der Waals surface area contributed by atoms with E-state index >= 15 is 0 Å². The van der Waals surface area contributed by atoms with Crippen LogP contribution in [0.2, 0.25) is 0 Å². The van der Waals surface area contributed by atoms with E-state index in [1.165, 1.54) is 6.20 Å². The number of carbonyl (C=O) groups excluding carboxylic acids is 1. The molecule has 2 heterocycles. The first-order valence-corrected chi connectivity index (χ1v) is 5.59. The van der Waals surface area contributed by atoms with Crippen molar-refractivity contribution in [2.75, 3.05) is 26.2 Å². The fourth-order valence-electron chi connectivity index (χ4n) is 1.88. The van der Waals surface area contributed by atoms with Crippen LogP contribution in [0.3, 0.4) is 0 Å². The molecule has 1 aliphatic heterocycles. The number of amides is 1. The first-order valence-electron chi connectivity index (χ1n) is 5.59. The normalized spacial score (nSPS) is 15.4. The summed E-state index contributed by atoms with van der Waals surface area (Å²) in [6, 6.07) is 3.62. The van der Waals surface area contributed by atoms with E-state index in [-0.39, 0.29) is 5.91 Å². The largest absolute Gasteiger partial charge is 0.336 e. The van der Waals surface area contributed by atoms with E-state index in [9.17, 15) is 4.79 Å². The van der Waals surface area contributed by atoms with Gasteiger partial charge in [-0.2, -0.15) is 5.26 Å². The molecule has 1 fully saturated rings. The van der Waals surface area contributed by atoms with E-state index in [1.54, 1.807) is 6.07 Å². The standard InChI is InChI=1S/C12H14N4O/c1-9-6-10(7-13)15-8-11(9)12(17)16-4-2-14-3-5-16/h6,8,14H,2-5H2,1H3. The minimum Gasteiger partial charge on any atom is -0.336 e. The molecule has 0 bridgehead atoms. The van der Waals surface area contributed by atoms with E-state index in [4.69, 9.17) is 5.26 Å². The molecule has 5 nitrogen and oxygen atoms in total. The highest BCUT2D eigenvalue weighted by Crippen LogP contribution is 2.11. The van der Waals surface area contributed by atoms with Gasteiger partial charge in [0.25, 0.3) is 5.91 Å². The zero-order valence-electron chi connectivity index (χ0n) is 9.73. The lowest BCUT2D eigenvalue weighted by Gasteiger charge is -2.27. The van der Waals surface area contributed by atoms with Crippen molar-refractivity contribution in [2.24, 2.45) is 0 Å².